The Labute approximate surface area is 167 Å². The molecule has 0 saturated carbocycles. The summed E-state index contributed by atoms with van der Waals surface area (Å²) in [5.74, 6) is 1.80. The molecule has 1 aromatic carbocycles. The lowest BCUT2D eigenvalue weighted by molar-refractivity contribution is 0.0623. The molecule has 2 aromatic rings. The molecular formula is C22H31N3O3. The van der Waals surface area contributed by atoms with Crippen LogP contribution in [0.15, 0.2) is 28.8 Å². The highest BCUT2D eigenvalue weighted by molar-refractivity contribution is 5.96. The van der Waals surface area contributed by atoms with Gasteiger partial charge in [-0.05, 0) is 26.8 Å². The molecule has 1 amide bonds. The van der Waals surface area contributed by atoms with Crippen LogP contribution in [0.4, 0.5) is 0 Å². The summed E-state index contributed by atoms with van der Waals surface area (Å²) in [7, 11) is 0. The average molecular weight is 386 g/mol. The molecule has 0 spiro atoms. The summed E-state index contributed by atoms with van der Waals surface area (Å²) >= 11 is 0. The van der Waals surface area contributed by atoms with Crippen LogP contribution < -0.4 is 4.74 Å². The van der Waals surface area contributed by atoms with Gasteiger partial charge in [0.05, 0.1) is 11.8 Å². The number of benzene rings is 1. The van der Waals surface area contributed by atoms with Gasteiger partial charge in [-0.1, -0.05) is 37.2 Å². The van der Waals surface area contributed by atoms with Crippen molar-refractivity contribution in [1.82, 2.24) is 15.0 Å². The number of hydrogen-bond acceptors (Lipinski definition) is 5. The molecule has 152 valence electrons. The minimum absolute atomic E-state index is 0.0330. The van der Waals surface area contributed by atoms with Crippen LogP contribution in [0.1, 0.15) is 61.0 Å². The van der Waals surface area contributed by atoms with Crippen molar-refractivity contribution in [3.63, 3.8) is 0 Å². The molecule has 0 bridgehead atoms. The number of piperazine rings is 1. The van der Waals surface area contributed by atoms with Crippen LogP contribution in [0, 0.1) is 6.92 Å². The molecule has 1 aliphatic rings. The van der Waals surface area contributed by atoms with E-state index < -0.39 is 0 Å². The smallest absolute Gasteiger partial charge is 0.259 e. The highest BCUT2D eigenvalue weighted by Crippen LogP contribution is 2.25. The number of aromatic nitrogens is 1. The van der Waals surface area contributed by atoms with Crippen molar-refractivity contribution >= 4 is 5.91 Å². The maximum atomic E-state index is 13.0. The average Bonchev–Trinajstić information content (AvgIpc) is 3.05. The zero-order valence-electron chi connectivity index (χ0n) is 17.6. The topological polar surface area (TPSA) is 58.8 Å². The molecule has 1 fully saturated rings. The van der Waals surface area contributed by atoms with Crippen molar-refractivity contribution < 1.29 is 14.1 Å². The number of para-hydroxylation sites is 1. The molecule has 6 heteroatoms. The third-order valence-electron chi connectivity index (χ3n) is 5.02. The Balaban J connectivity index is 1.63. The van der Waals surface area contributed by atoms with E-state index in [-0.39, 0.29) is 17.9 Å². The van der Waals surface area contributed by atoms with Crippen LogP contribution in [0.5, 0.6) is 5.75 Å². The van der Waals surface area contributed by atoms with Gasteiger partial charge in [0, 0.05) is 44.2 Å². The van der Waals surface area contributed by atoms with E-state index in [9.17, 15) is 4.79 Å². The van der Waals surface area contributed by atoms with Crippen LogP contribution >= 0.6 is 0 Å². The number of carbonyl (C=O) groups excluding carboxylic acids is 1. The molecule has 0 radical (unpaired) electrons. The normalized spacial score (nSPS) is 15.5. The molecule has 0 aliphatic carbocycles. The largest absolute Gasteiger partial charge is 0.491 e. The number of amides is 1. The van der Waals surface area contributed by atoms with E-state index in [0.717, 1.165) is 25.4 Å². The Hall–Kier alpha value is -2.34. The van der Waals surface area contributed by atoms with Crippen LogP contribution in [0.3, 0.4) is 0 Å². The summed E-state index contributed by atoms with van der Waals surface area (Å²) in [5.41, 5.74) is 2.50. The summed E-state index contributed by atoms with van der Waals surface area (Å²) in [6.45, 7) is 13.9. The number of nitrogens with zero attached hydrogens (tertiary/aromatic N) is 3. The quantitative estimate of drug-likeness (QED) is 0.756. The van der Waals surface area contributed by atoms with E-state index >= 15 is 0 Å². The van der Waals surface area contributed by atoms with Gasteiger partial charge in [0.1, 0.15) is 11.3 Å². The molecule has 1 aliphatic heterocycles. The van der Waals surface area contributed by atoms with Crippen molar-refractivity contribution in [2.75, 3.05) is 26.2 Å². The van der Waals surface area contributed by atoms with Gasteiger partial charge in [0.15, 0.2) is 5.76 Å². The molecular weight excluding hydrogens is 354 g/mol. The first kappa shape index (κ1) is 20.4. The number of aryl methyl sites for hydroxylation is 1. The summed E-state index contributed by atoms with van der Waals surface area (Å²) in [5, 5.41) is 4.01. The molecule has 2 heterocycles. The van der Waals surface area contributed by atoms with Gasteiger partial charge in [0.2, 0.25) is 0 Å². The maximum Gasteiger partial charge on any atom is 0.259 e. The van der Waals surface area contributed by atoms with Gasteiger partial charge in [-0.2, -0.15) is 0 Å². The summed E-state index contributed by atoms with van der Waals surface area (Å²) in [4.78, 5) is 17.3. The predicted molar refractivity (Wildman–Crippen MR) is 109 cm³/mol. The van der Waals surface area contributed by atoms with Crippen molar-refractivity contribution in [2.45, 2.75) is 53.2 Å². The van der Waals surface area contributed by atoms with Gasteiger partial charge in [0.25, 0.3) is 5.91 Å². The lowest BCUT2D eigenvalue weighted by atomic mass is 10.0. The second-order valence-electron chi connectivity index (χ2n) is 8.00. The fraction of sp³-hybridized carbons (Fsp3) is 0.545. The number of hydrogen-bond donors (Lipinski definition) is 0. The van der Waals surface area contributed by atoms with Gasteiger partial charge >= 0.3 is 0 Å². The van der Waals surface area contributed by atoms with E-state index in [2.05, 4.69) is 16.1 Å². The Morgan fingerprint density at radius 3 is 2.46 bits per heavy atom. The van der Waals surface area contributed by atoms with Crippen molar-refractivity contribution in [2.24, 2.45) is 0 Å². The maximum absolute atomic E-state index is 13.0. The van der Waals surface area contributed by atoms with Gasteiger partial charge in [-0.15, -0.1) is 0 Å². The van der Waals surface area contributed by atoms with E-state index in [0.29, 0.717) is 30.1 Å². The highest BCUT2D eigenvalue weighted by Gasteiger charge is 2.29. The monoisotopic (exact) mass is 385 g/mol. The Kier molecular flexibility index (Phi) is 6.39. The molecule has 28 heavy (non-hydrogen) atoms. The lowest BCUT2D eigenvalue weighted by Crippen LogP contribution is -2.48. The standard InChI is InChI=1S/C22H31N3O3/c1-15(2)21-20(17(5)23-28-21)22(26)25-12-10-24(11-13-25)14-18-8-6-7-9-19(18)27-16(3)4/h6-9,15-16H,10-14H2,1-5H3. The van der Waals surface area contributed by atoms with Crippen LogP contribution in [0.2, 0.25) is 0 Å². The first-order valence-corrected chi connectivity index (χ1v) is 10.1. The fourth-order valence-corrected chi connectivity index (χ4v) is 3.55. The first-order valence-electron chi connectivity index (χ1n) is 10.1. The third-order valence-corrected chi connectivity index (χ3v) is 5.02. The van der Waals surface area contributed by atoms with Gasteiger partial charge < -0.3 is 14.2 Å². The molecule has 1 aromatic heterocycles. The molecule has 0 N–H and O–H groups in total. The predicted octanol–water partition coefficient (Wildman–Crippen LogP) is 3.85. The van der Waals surface area contributed by atoms with Crippen LogP contribution in [-0.4, -0.2) is 53.1 Å². The zero-order chi connectivity index (χ0) is 20.3. The third kappa shape index (κ3) is 4.55. The Morgan fingerprint density at radius 1 is 1.14 bits per heavy atom. The molecule has 6 nitrogen and oxygen atoms in total. The van der Waals surface area contributed by atoms with Crippen LogP contribution in [-0.2, 0) is 6.54 Å². The molecule has 1 saturated heterocycles. The second kappa shape index (κ2) is 8.78. The summed E-state index contributed by atoms with van der Waals surface area (Å²) in [6, 6.07) is 8.19. The highest BCUT2D eigenvalue weighted by atomic mass is 16.5. The van der Waals surface area contributed by atoms with Crippen molar-refractivity contribution in [3.05, 3.63) is 46.8 Å². The minimum atomic E-state index is 0.0330. The SMILES string of the molecule is Cc1noc(C(C)C)c1C(=O)N1CCN(Cc2ccccc2OC(C)C)CC1. The fourth-order valence-electron chi connectivity index (χ4n) is 3.55. The van der Waals surface area contributed by atoms with Crippen LogP contribution in [0.25, 0.3) is 0 Å². The van der Waals surface area contributed by atoms with Crippen molar-refractivity contribution in [3.8, 4) is 5.75 Å². The summed E-state index contributed by atoms with van der Waals surface area (Å²) in [6.07, 6.45) is 0.151. The first-order chi connectivity index (χ1) is 13.4. The van der Waals surface area contributed by atoms with E-state index in [1.54, 1.807) is 0 Å². The molecule has 0 atom stereocenters. The molecule has 3 rings (SSSR count). The second-order valence-corrected chi connectivity index (χ2v) is 8.00. The number of ether oxygens (including phenoxy) is 1. The zero-order valence-corrected chi connectivity index (χ0v) is 17.6. The minimum Gasteiger partial charge on any atom is -0.491 e. The van der Waals surface area contributed by atoms with E-state index in [1.807, 2.05) is 57.7 Å². The number of carbonyl (C=O) groups is 1. The van der Waals surface area contributed by atoms with Crippen molar-refractivity contribution in [1.29, 1.82) is 0 Å². The lowest BCUT2D eigenvalue weighted by Gasteiger charge is -2.35. The Morgan fingerprint density at radius 2 is 1.82 bits per heavy atom. The van der Waals surface area contributed by atoms with Gasteiger partial charge in [-0.3, -0.25) is 9.69 Å². The number of rotatable bonds is 6. The van der Waals surface area contributed by atoms with E-state index in [1.165, 1.54) is 5.56 Å². The van der Waals surface area contributed by atoms with Gasteiger partial charge in [-0.25, -0.2) is 0 Å². The Bertz CT molecular complexity index is 805. The van der Waals surface area contributed by atoms with E-state index in [4.69, 9.17) is 9.26 Å². The summed E-state index contributed by atoms with van der Waals surface area (Å²) < 4.78 is 11.3. The molecule has 0 unspecified atom stereocenters.